The summed E-state index contributed by atoms with van der Waals surface area (Å²) in [5.41, 5.74) is 0.353. The van der Waals surface area contributed by atoms with Gasteiger partial charge >= 0.3 is 11.7 Å². The van der Waals surface area contributed by atoms with E-state index >= 15 is 0 Å². The number of hydrogen-bond acceptors (Lipinski definition) is 4. The highest BCUT2D eigenvalue weighted by molar-refractivity contribution is 5.76. The molecule has 1 N–H and O–H groups in total. The zero-order chi connectivity index (χ0) is 14.7. The lowest BCUT2D eigenvalue weighted by molar-refractivity contribution is -0.145. The van der Waals surface area contributed by atoms with E-state index in [1.807, 2.05) is 0 Å². The van der Waals surface area contributed by atoms with Crippen molar-refractivity contribution in [2.24, 2.45) is 5.92 Å². The molecule has 0 aromatic carbocycles. The van der Waals surface area contributed by atoms with Gasteiger partial charge < -0.3 is 10.0 Å². The SMILES string of the molecule is Cc1cnc(=O)n(CC(=O)N2CCC(C(=O)O)CC2)c1. The maximum Gasteiger partial charge on any atom is 0.347 e. The molecule has 1 amide bonds. The van der Waals surface area contributed by atoms with Crippen LogP contribution in [0.5, 0.6) is 0 Å². The van der Waals surface area contributed by atoms with Crippen molar-refractivity contribution in [1.29, 1.82) is 0 Å². The summed E-state index contributed by atoms with van der Waals surface area (Å²) in [7, 11) is 0. The molecule has 0 bridgehead atoms. The van der Waals surface area contributed by atoms with E-state index in [0.717, 1.165) is 5.56 Å². The molecule has 2 heterocycles. The number of hydrogen-bond donors (Lipinski definition) is 1. The molecule has 7 nitrogen and oxygen atoms in total. The quantitative estimate of drug-likeness (QED) is 0.832. The lowest BCUT2D eigenvalue weighted by Gasteiger charge is -2.30. The zero-order valence-electron chi connectivity index (χ0n) is 11.3. The average Bonchev–Trinajstić information content (AvgIpc) is 2.43. The number of carboxylic acids is 1. The van der Waals surface area contributed by atoms with Gasteiger partial charge in [-0.25, -0.2) is 9.78 Å². The van der Waals surface area contributed by atoms with E-state index in [1.165, 1.54) is 10.8 Å². The molecule has 0 saturated carbocycles. The van der Waals surface area contributed by atoms with Crippen molar-refractivity contribution >= 4 is 11.9 Å². The highest BCUT2D eigenvalue weighted by atomic mass is 16.4. The summed E-state index contributed by atoms with van der Waals surface area (Å²) in [6.45, 7) is 2.59. The standard InChI is InChI=1S/C13H17N3O4/c1-9-6-14-13(20)16(7-9)8-11(17)15-4-2-10(3-5-15)12(18)19/h6-7,10H,2-5,8H2,1H3,(H,18,19). The van der Waals surface area contributed by atoms with Crippen LogP contribution in [0.1, 0.15) is 18.4 Å². The molecule has 0 radical (unpaired) electrons. The minimum atomic E-state index is -0.809. The van der Waals surface area contributed by atoms with Crippen molar-refractivity contribution in [3.8, 4) is 0 Å². The van der Waals surface area contributed by atoms with E-state index in [2.05, 4.69) is 4.98 Å². The molecule has 20 heavy (non-hydrogen) atoms. The molecular formula is C13H17N3O4. The van der Waals surface area contributed by atoms with Gasteiger partial charge in [-0.3, -0.25) is 14.2 Å². The fraction of sp³-hybridized carbons (Fsp3) is 0.538. The maximum absolute atomic E-state index is 12.1. The monoisotopic (exact) mass is 279 g/mol. The first-order chi connectivity index (χ1) is 9.47. The van der Waals surface area contributed by atoms with Crippen molar-refractivity contribution in [3.05, 3.63) is 28.4 Å². The Hall–Kier alpha value is -2.18. The highest BCUT2D eigenvalue weighted by Crippen LogP contribution is 2.17. The van der Waals surface area contributed by atoms with Crippen LogP contribution >= 0.6 is 0 Å². The van der Waals surface area contributed by atoms with E-state index in [-0.39, 0.29) is 18.4 Å². The van der Waals surface area contributed by atoms with E-state index in [0.29, 0.717) is 25.9 Å². The summed E-state index contributed by atoms with van der Waals surface area (Å²) in [4.78, 5) is 39.8. The predicted octanol–water partition coefficient (Wildman–Crippen LogP) is -0.125. The van der Waals surface area contributed by atoms with Gasteiger partial charge in [0.05, 0.1) is 5.92 Å². The highest BCUT2D eigenvalue weighted by Gasteiger charge is 2.27. The van der Waals surface area contributed by atoms with Gasteiger partial charge in [0.1, 0.15) is 6.54 Å². The van der Waals surface area contributed by atoms with Crippen molar-refractivity contribution < 1.29 is 14.7 Å². The molecule has 0 spiro atoms. The van der Waals surface area contributed by atoms with Crippen molar-refractivity contribution in [1.82, 2.24) is 14.5 Å². The first kappa shape index (κ1) is 14.2. The van der Waals surface area contributed by atoms with Crippen LogP contribution in [-0.2, 0) is 16.1 Å². The summed E-state index contributed by atoms with van der Waals surface area (Å²) in [5.74, 6) is -1.36. The number of likely N-dealkylation sites (tertiary alicyclic amines) is 1. The number of aromatic nitrogens is 2. The van der Waals surface area contributed by atoms with Crippen LogP contribution in [0.2, 0.25) is 0 Å². The second-order valence-electron chi connectivity index (χ2n) is 5.04. The predicted molar refractivity (Wildman–Crippen MR) is 70.2 cm³/mol. The molecule has 1 saturated heterocycles. The molecule has 7 heteroatoms. The molecule has 108 valence electrons. The fourth-order valence-corrected chi connectivity index (χ4v) is 2.30. The van der Waals surface area contributed by atoms with E-state index in [4.69, 9.17) is 5.11 Å². The average molecular weight is 279 g/mol. The second-order valence-corrected chi connectivity index (χ2v) is 5.04. The first-order valence-electron chi connectivity index (χ1n) is 6.51. The fourth-order valence-electron chi connectivity index (χ4n) is 2.30. The Morgan fingerprint density at radius 1 is 1.40 bits per heavy atom. The largest absolute Gasteiger partial charge is 0.481 e. The summed E-state index contributed by atoms with van der Waals surface area (Å²) < 4.78 is 1.28. The van der Waals surface area contributed by atoms with Gasteiger partial charge in [0, 0.05) is 25.5 Å². The number of carbonyl (C=O) groups excluding carboxylic acids is 1. The third-order valence-corrected chi connectivity index (χ3v) is 3.49. The van der Waals surface area contributed by atoms with Crippen LogP contribution in [0.3, 0.4) is 0 Å². The van der Waals surface area contributed by atoms with Crippen LogP contribution in [0.25, 0.3) is 0 Å². The molecule has 1 aliphatic heterocycles. The van der Waals surface area contributed by atoms with Gasteiger partial charge in [0.25, 0.3) is 0 Å². The molecule has 0 atom stereocenters. The lowest BCUT2D eigenvalue weighted by Crippen LogP contribution is -2.43. The Labute approximate surface area is 115 Å². The smallest absolute Gasteiger partial charge is 0.347 e. The van der Waals surface area contributed by atoms with Crippen LogP contribution < -0.4 is 5.69 Å². The number of carboxylic acid groups (broad SMARTS) is 1. The Bertz CT molecular complexity index is 573. The number of nitrogens with zero attached hydrogens (tertiary/aromatic N) is 3. The summed E-state index contributed by atoms with van der Waals surface area (Å²) in [5, 5.41) is 8.91. The molecule has 1 aliphatic rings. The number of rotatable bonds is 3. The number of piperidine rings is 1. The van der Waals surface area contributed by atoms with E-state index < -0.39 is 11.7 Å². The van der Waals surface area contributed by atoms with Gasteiger partial charge in [0.15, 0.2) is 0 Å². The molecular weight excluding hydrogens is 262 g/mol. The Kier molecular flexibility index (Phi) is 4.16. The Balaban J connectivity index is 1.98. The van der Waals surface area contributed by atoms with Crippen LogP contribution in [-0.4, -0.2) is 44.5 Å². The number of carbonyl (C=O) groups is 2. The molecule has 0 unspecified atom stereocenters. The van der Waals surface area contributed by atoms with Crippen molar-refractivity contribution in [3.63, 3.8) is 0 Å². The normalized spacial score (nSPS) is 16.1. The summed E-state index contributed by atoms with van der Waals surface area (Å²) in [6.07, 6.45) is 3.98. The summed E-state index contributed by atoms with van der Waals surface area (Å²) in [6, 6.07) is 0. The first-order valence-corrected chi connectivity index (χ1v) is 6.51. The number of aliphatic carboxylic acids is 1. The van der Waals surface area contributed by atoms with Crippen LogP contribution in [0.15, 0.2) is 17.2 Å². The molecule has 1 aromatic rings. The van der Waals surface area contributed by atoms with Crippen LogP contribution in [0, 0.1) is 12.8 Å². The van der Waals surface area contributed by atoms with Gasteiger partial charge in [-0.05, 0) is 25.3 Å². The van der Waals surface area contributed by atoms with Crippen molar-refractivity contribution in [2.45, 2.75) is 26.3 Å². The zero-order valence-corrected chi connectivity index (χ0v) is 11.3. The van der Waals surface area contributed by atoms with Gasteiger partial charge in [-0.15, -0.1) is 0 Å². The third-order valence-electron chi connectivity index (χ3n) is 3.49. The van der Waals surface area contributed by atoms with Crippen molar-refractivity contribution in [2.75, 3.05) is 13.1 Å². The molecule has 0 aliphatic carbocycles. The topological polar surface area (TPSA) is 92.5 Å². The third kappa shape index (κ3) is 3.23. The Morgan fingerprint density at radius 2 is 2.05 bits per heavy atom. The Morgan fingerprint density at radius 3 is 2.65 bits per heavy atom. The minimum absolute atomic E-state index is 0.0503. The van der Waals surface area contributed by atoms with E-state index in [1.54, 1.807) is 18.0 Å². The minimum Gasteiger partial charge on any atom is -0.481 e. The molecule has 1 fully saturated rings. The summed E-state index contributed by atoms with van der Waals surface area (Å²) >= 11 is 0. The van der Waals surface area contributed by atoms with Gasteiger partial charge in [-0.2, -0.15) is 0 Å². The molecule has 1 aromatic heterocycles. The lowest BCUT2D eigenvalue weighted by atomic mass is 9.97. The molecule has 2 rings (SSSR count). The van der Waals surface area contributed by atoms with Gasteiger partial charge in [-0.1, -0.05) is 0 Å². The van der Waals surface area contributed by atoms with Crippen LogP contribution in [0.4, 0.5) is 0 Å². The second kappa shape index (κ2) is 5.85. The van der Waals surface area contributed by atoms with Gasteiger partial charge in [0.2, 0.25) is 5.91 Å². The maximum atomic E-state index is 12.1. The number of amides is 1. The van der Waals surface area contributed by atoms with E-state index in [9.17, 15) is 14.4 Å². The number of aryl methyl sites for hydroxylation is 1.